The lowest BCUT2D eigenvalue weighted by Crippen LogP contribution is -2.46. The fourth-order valence-corrected chi connectivity index (χ4v) is 3.12. The van der Waals surface area contributed by atoms with Crippen molar-refractivity contribution in [3.05, 3.63) is 33.8 Å². The molecule has 0 bridgehead atoms. The molecule has 1 aliphatic heterocycles. The Morgan fingerprint density at radius 3 is 2.55 bits per heavy atom. The average molecular weight is 348 g/mol. The molecule has 0 aliphatic carbocycles. The summed E-state index contributed by atoms with van der Waals surface area (Å²) in [7, 11) is 0. The van der Waals surface area contributed by atoms with E-state index >= 15 is 0 Å². The minimum Gasteiger partial charge on any atom is -0.389 e. The number of halogens is 3. The van der Waals surface area contributed by atoms with Crippen LogP contribution in [-0.2, 0) is 6.42 Å². The summed E-state index contributed by atoms with van der Waals surface area (Å²) >= 11 is 3.06. The van der Waals surface area contributed by atoms with Crippen LogP contribution < -0.4 is 0 Å². The highest BCUT2D eigenvalue weighted by Gasteiger charge is 2.34. The van der Waals surface area contributed by atoms with Crippen LogP contribution in [0, 0.1) is 11.6 Å². The fourth-order valence-electron chi connectivity index (χ4n) is 2.75. The normalized spacial score (nSPS) is 19.2. The third kappa shape index (κ3) is 3.57. The van der Waals surface area contributed by atoms with E-state index in [0.717, 1.165) is 26.1 Å². The van der Waals surface area contributed by atoms with E-state index in [0.29, 0.717) is 12.8 Å². The van der Waals surface area contributed by atoms with Gasteiger partial charge in [-0.2, -0.15) is 0 Å². The Bertz CT molecular complexity index is 473. The summed E-state index contributed by atoms with van der Waals surface area (Å²) in [6.07, 6.45) is 2.22. The van der Waals surface area contributed by atoms with Crippen LogP contribution in [0.2, 0.25) is 0 Å². The second kappa shape index (κ2) is 6.50. The van der Waals surface area contributed by atoms with E-state index in [1.54, 1.807) is 0 Å². The molecule has 0 unspecified atom stereocenters. The highest BCUT2D eigenvalue weighted by Crippen LogP contribution is 2.30. The summed E-state index contributed by atoms with van der Waals surface area (Å²) in [4.78, 5) is 2.28. The summed E-state index contributed by atoms with van der Waals surface area (Å²) in [5.74, 6) is -1.19. The Hall–Kier alpha value is -0.520. The van der Waals surface area contributed by atoms with Gasteiger partial charge >= 0.3 is 0 Å². The maximum atomic E-state index is 14.0. The van der Waals surface area contributed by atoms with Crippen molar-refractivity contribution in [2.24, 2.45) is 0 Å². The highest BCUT2D eigenvalue weighted by molar-refractivity contribution is 9.10. The first-order chi connectivity index (χ1) is 9.45. The van der Waals surface area contributed by atoms with Gasteiger partial charge in [0.15, 0.2) is 0 Å². The second-order valence-electron chi connectivity index (χ2n) is 5.56. The molecule has 1 aromatic carbocycles. The number of nitrogens with zero attached hydrogens (tertiary/aromatic N) is 1. The van der Waals surface area contributed by atoms with Crippen LogP contribution in [0.1, 0.15) is 31.7 Å². The summed E-state index contributed by atoms with van der Waals surface area (Å²) in [5, 5.41) is 10.6. The van der Waals surface area contributed by atoms with E-state index in [1.807, 2.05) is 0 Å². The van der Waals surface area contributed by atoms with Gasteiger partial charge < -0.3 is 10.0 Å². The van der Waals surface area contributed by atoms with Gasteiger partial charge in [-0.05, 0) is 53.9 Å². The molecule has 0 amide bonds. The van der Waals surface area contributed by atoms with Crippen LogP contribution in [0.15, 0.2) is 16.6 Å². The Morgan fingerprint density at radius 1 is 1.30 bits per heavy atom. The van der Waals surface area contributed by atoms with Crippen molar-refractivity contribution in [3.63, 3.8) is 0 Å². The molecule has 20 heavy (non-hydrogen) atoms. The van der Waals surface area contributed by atoms with E-state index in [4.69, 9.17) is 0 Å². The highest BCUT2D eigenvalue weighted by atomic mass is 79.9. The third-order valence-corrected chi connectivity index (χ3v) is 4.58. The van der Waals surface area contributed by atoms with Crippen LogP contribution in [0.3, 0.4) is 0 Å². The third-order valence-electron chi connectivity index (χ3n) is 3.97. The average Bonchev–Trinajstić information content (AvgIpc) is 2.43. The van der Waals surface area contributed by atoms with Crippen molar-refractivity contribution < 1.29 is 13.9 Å². The molecular weight excluding hydrogens is 328 g/mol. The predicted molar refractivity (Wildman–Crippen MR) is 78.7 cm³/mol. The summed E-state index contributed by atoms with van der Waals surface area (Å²) in [6.45, 7) is 4.69. The largest absolute Gasteiger partial charge is 0.389 e. The van der Waals surface area contributed by atoms with Gasteiger partial charge in [-0.25, -0.2) is 8.78 Å². The number of hydrogen-bond donors (Lipinski definition) is 1. The summed E-state index contributed by atoms with van der Waals surface area (Å²) < 4.78 is 28.0. The number of hydrogen-bond acceptors (Lipinski definition) is 2. The minimum absolute atomic E-state index is 0.0224. The quantitative estimate of drug-likeness (QED) is 0.842. The molecule has 1 N–H and O–H groups in total. The minimum atomic E-state index is -1.01. The van der Waals surface area contributed by atoms with Crippen LogP contribution in [0.5, 0.6) is 0 Å². The molecule has 112 valence electrons. The molecule has 2 nitrogen and oxygen atoms in total. The van der Waals surface area contributed by atoms with Crippen LogP contribution in [0.25, 0.3) is 0 Å². The lowest BCUT2D eigenvalue weighted by molar-refractivity contribution is -0.0216. The first kappa shape index (κ1) is 15.9. The maximum absolute atomic E-state index is 14.0. The molecule has 1 aliphatic rings. The number of piperidine rings is 1. The summed E-state index contributed by atoms with van der Waals surface area (Å²) in [6, 6.07) is 2.58. The zero-order valence-electron chi connectivity index (χ0n) is 11.6. The standard InChI is InChI=1S/C15H20BrF2NO/c1-2-7-19-8-5-15(20,6-9-19)10-11-13(17)4-3-12(16)14(11)18/h3-4,20H,2,5-10H2,1H3. The predicted octanol–water partition coefficient (Wildman–Crippen LogP) is 3.51. The zero-order valence-corrected chi connectivity index (χ0v) is 13.2. The molecule has 2 rings (SSSR count). The van der Waals surface area contributed by atoms with Gasteiger partial charge in [-0.1, -0.05) is 6.92 Å². The zero-order chi connectivity index (χ0) is 14.8. The maximum Gasteiger partial charge on any atom is 0.143 e. The number of rotatable bonds is 4. The van der Waals surface area contributed by atoms with Gasteiger partial charge in [0.1, 0.15) is 11.6 Å². The van der Waals surface area contributed by atoms with E-state index in [1.165, 1.54) is 12.1 Å². The lowest BCUT2D eigenvalue weighted by Gasteiger charge is -2.38. The molecule has 0 radical (unpaired) electrons. The lowest BCUT2D eigenvalue weighted by atomic mass is 9.85. The SMILES string of the molecule is CCCN1CCC(O)(Cc2c(F)ccc(Br)c2F)CC1. The van der Waals surface area contributed by atoms with Gasteiger partial charge in [-0.15, -0.1) is 0 Å². The van der Waals surface area contributed by atoms with Gasteiger partial charge in [0.2, 0.25) is 0 Å². The van der Waals surface area contributed by atoms with Crippen molar-refractivity contribution in [1.82, 2.24) is 4.90 Å². The molecule has 0 saturated carbocycles. The molecule has 0 spiro atoms. The van der Waals surface area contributed by atoms with Crippen molar-refractivity contribution in [2.75, 3.05) is 19.6 Å². The smallest absolute Gasteiger partial charge is 0.143 e. The van der Waals surface area contributed by atoms with E-state index in [2.05, 4.69) is 27.8 Å². The first-order valence-electron chi connectivity index (χ1n) is 7.02. The molecule has 1 aromatic rings. The molecule has 5 heteroatoms. The molecule has 1 heterocycles. The number of benzene rings is 1. The van der Waals surface area contributed by atoms with Crippen LogP contribution >= 0.6 is 15.9 Å². The first-order valence-corrected chi connectivity index (χ1v) is 7.81. The van der Waals surface area contributed by atoms with Gasteiger partial charge in [0.25, 0.3) is 0 Å². The van der Waals surface area contributed by atoms with Crippen molar-refractivity contribution in [2.45, 2.75) is 38.2 Å². The Balaban J connectivity index is 2.09. The van der Waals surface area contributed by atoms with Gasteiger partial charge in [-0.3, -0.25) is 0 Å². The Kier molecular flexibility index (Phi) is 5.15. The topological polar surface area (TPSA) is 23.5 Å². The molecule has 0 atom stereocenters. The molecule has 1 fully saturated rings. The number of aliphatic hydroxyl groups is 1. The van der Waals surface area contributed by atoms with E-state index in [-0.39, 0.29) is 16.5 Å². The van der Waals surface area contributed by atoms with Gasteiger partial charge in [0.05, 0.1) is 10.1 Å². The monoisotopic (exact) mass is 347 g/mol. The van der Waals surface area contributed by atoms with Crippen molar-refractivity contribution in [3.8, 4) is 0 Å². The van der Waals surface area contributed by atoms with E-state index < -0.39 is 17.2 Å². The summed E-state index contributed by atoms with van der Waals surface area (Å²) in [5.41, 5.74) is -1.03. The van der Waals surface area contributed by atoms with Crippen LogP contribution in [-0.4, -0.2) is 35.2 Å². The Morgan fingerprint density at radius 2 is 1.95 bits per heavy atom. The Labute approximate surface area is 126 Å². The van der Waals surface area contributed by atoms with Crippen LogP contribution in [0.4, 0.5) is 8.78 Å². The number of likely N-dealkylation sites (tertiary alicyclic amines) is 1. The van der Waals surface area contributed by atoms with Gasteiger partial charge in [0, 0.05) is 25.1 Å². The second-order valence-corrected chi connectivity index (χ2v) is 6.42. The molecule has 0 aromatic heterocycles. The fraction of sp³-hybridized carbons (Fsp3) is 0.600. The van der Waals surface area contributed by atoms with Crippen molar-refractivity contribution >= 4 is 15.9 Å². The molecular formula is C15H20BrF2NO. The molecule has 1 saturated heterocycles. The van der Waals surface area contributed by atoms with E-state index in [9.17, 15) is 13.9 Å². The van der Waals surface area contributed by atoms with Crippen molar-refractivity contribution in [1.29, 1.82) is 0 Å².